The van der Waals surface area contributed by atoms with Crippen LogP contribution in [0.4, 0.5) is 0 Å². The van der Waals surface area contributed by atoms with E-state index < -0.39 is 0 Å². The van der Waals surface area contributed by atoms with E-state index in [9.17, 15) is 4.79 Å². The van der Waals surface area contributed by atoms with Gasteiger partial charge >= 0.3 is 0 Å². The Hall–Kier alpha value is -2.79. The lowest BCUT2D eigenvalue weighted by Gasteiger charge is -2.39. The van der Waals surface area contributed by atoms with Crippen LogP contribution in [0.25, 0.3) is 22.2 Å². The van der Waals surface area contributed by atoms with Crippen LogP contribution in [0.2, 0.25) is 0 Å². The second kappa shape index (κ2) is 6.99. The topological polar surface area (TPSA) is 55.3 Å². The van der Waals surface area contributed by atoms with Crippen LogP contribution in [-0.4, -0.2) is 47.1 Å². The summed E-state index contributed by atoms with van der Waals surface area (Å²) in [5.41, 5.74) is 3.40. The molecule has 142 valence electrons. The number of carbonyl (C=O) groups is 1. The number of rotatable bonds is 2. The molecule has 1 atom stereocenters. The SMILES string of the molecule is O=C(c1cc(-c2cccnc2)nc2ccccc12)N1CCCC2(CCOC2)C1. The van der Waals surface area contributed by atoms with Gasteiger partial charge in [-0.05, 0) is 43.5 Å². The molecule has 5 rings (SSSR count). The standard InChI is InChI=1S/C23H23N3O2/c27-22(26-11-4-8-23(15-26)9-12-28-16-23)19-13-21(17-5-3-10-24-14-17)25-20-7-2-1-6-18(19)20/h1-3,5-7,10,13-14H,4,8-9,11-12,15-16H2. The van der Waals surface area contributed by atoms with Crippen molar-refractivity contribution in [2.75, 3.05) is 26.3 Å². The zero-order valence-electron chi connectivity index (χ0n) is 15.8. The molecule has 0 saturated carbocycles. The van der Waals surface area contributed by atoms with Crippen molar-refractivity contribution >= 4 is 16.8 Å². The van der Waals surface area contributed by atoms with Crippen molar-refractivity contribution in [1.29, 1.82) is 0 Å². The number of piperidine rings is 1. The highest BCUT2D eigenvalue weighted by atomic mass is 16.5. The van der Waals surface area contributed by atoms with E-state index in [0.29, 0.717) is 0 Å². The Balaban J connectivity index is 1.56. The van der Waals surface area contributed by atoms with Crippen molar-refractivity contribution in [3.8, 4) is 11.3 Å². The fourth-order valence-corrected chi connectivity index (χ4v) is 4.54. The fraction of sp³-hybridized carbons (Fsp3) is 0.348. The van der Waals surface area contributed by atoms with E-state index >= 15 is 0 Å². The molecule has 2 saturated heterocycles. The fourth-order valence-electron chi connectivity index (χ4n) is 4.54. The molecule has 2 fully saturated rings. The number of ether oxygens (including phenoxy) is 1. The number of hydrogen-bond acceptors (Lipinski definition) is 4. The number of likely N-dealkylation sites (tertiary alicyclic amines) is 1. The van der Waals surface area contributed by atoms with Crippen molar-refractivity contribution < 1.29 is 9.53 Å². The van der Waals surface area contributed by atoms with Gasteiger partial charge in [-0.1, -0.05) is 18.2 Å². The monoisotopic (exact) mass is 373 g/mol. The first kappa shape index (κ1) is 17.3. The van der Waals surface area contributed by atoms with Crippen LogP contribution in [0, 0.1) is 5.41 Å². The summed E-state index contributed by atoms with van der Waals surface area (Å²) in [5.74, 6) is 0.0923. The van der Waals surface area contributed by atoms with Crippen LogP contribution in [0.1, 0.15) is 29.6 Å². The van der Waals surface area contributed by atoms with Crippen LogP contribution in [0.15, 0.2) is 54.9 Å². The van der Waals surface area contributed by atoms with Crippen LogP contribution in [-0.2, 0) is 4.74 Å². The van der Waals surface area contributed by atoms with Gasteiger partial charge in [-0.3, -0.25) is 9.78 Å². The number of amides is 1. The van der Waals surface area contributed by atoms with Crippen LogP contribution >= 0.6 is 0 Å². The maximum Gasteiger partial charge on any atom is 0.254 e. The minimum Gasteiger partial charge on any atom is -0.381 e. The molecule has 1 unspecified atom stereocenters. The first-order chi connectivity index (χ1) is 13.7. The average Bonchev–Trinajstić information content (AvgIpc) is 3.20. The number of benzene rings is 1. The van der Waals surface area contributed by atoms with Gasteiger partial charge < -0.3 is 9.64 Å². The summed E-state index contributed by atoms with van der Waals surface area (Å²) in [6, 6.07) is 13.7. The third kappa shape index (κ3) is 3.06. The van der Waals surface area contributed by atoms with Crippen molar-refractivity contribution in [3.05, 3.63) is 60.4 Å². The van der Waals surface area contributed by atoms with Gasteiger partial charge in [-0.15, -0.1) is 0 Å². The highest BCUT2D eigenvalue weighted by Crippen LogP contribution is 2.38. The van der Waals surface area contributed by atoms with Gasteiger partial charge in [-0.25, -0.2) is 4.98 Å². The molecular weight excluding hydrogens is 350 g/mol. The van der Waals surface area contributed by atoms with Crippen LogP contribution in [0.3, 0.4) is 0 Å². The normalized spacial score (nSPS) is 22.1. The van der Waals surface area contributed by atoms with Gasteiger partial charge in [0, 0.05) is 48.5 Å². The van der Waals surface area contributed by atoms with E-state index in [0.717, 1.165) is 73.3 Å². The minimum atomic E-state index is 0.0923. The summed E-state index contributed by atoms with van der Waals surface area (Å²) in [4.78, 5) is 24.6. The second-order valence-electron chi connectivity index (χ2n) is 7.95. The number of hydrogen-bond donors (Lipinski definition) is 0. The van der Waals surface area contributed by atoms with E-state index in [-0.39, 0.29) is 11.3 Å². The van der Waals surface area contributed by atoms with Gasteiger partial charge in [-0.2, -0.15) is 0 Å². The molecule has 4 heterocycles. The summed E-state index contributed by atoms with van der Waals surface area (Å²) in [5, 5.41) is 0.905. The number of fused-ring (bicyclic) bond motifs is 1. The molecule has 1 spiro atoms. The van der Waals surface area contributed by atoms with E-state index in [1.54, 1.807) is 12.4 Å². The Morgan fingerprint density at radius 2 is 2.07 bits per heavy atom. The van der Waals surface area contributed by atoms with Crippen molar-refractivity contribution in [2.24, 2.45) is 5.41 Å². The first-order valence-electron chi connectivity index (χ1n) is 9.91. The lowest BCUT2D eigenvalue weighted by Crippen LogP contribution is -2.46. The summed E-state index contributed by atoms with van der Waals surface area (Å²) in [7, 11) is 0. The lowest BCUT2D eigenvalue weighted by atomic mass is 9.79. The predicted molar refractivity (Wildman–Crippen MR) is 108 cm³/mol. The predicted octanol–water partition coefficient (Wildman–Crippen LogP) is 3.94. The Labute approximate surface area is 164 Å². The van der Waals surface area contributed by atoms with Crippen molar-refractivity contribution in [2.45, 2.75) is 19.3 Å². The summed E-state index contributed by atoms with van der Waals surface area (Å²) >= 11 is 0. The average molecular weight is 373 g/mol. The Kier molecular flexibility index (Phi) is 4.32. The van der Waals surface area contributed by atoms with Gasteiger partial charge in [0.05, 0.1) is 23.4 Å². The number of aromatic nitrogens is 2. The van der Waals surface area contributed by atoms with Gasteiger partial charge in [0.15, 0.2) is 0 Å². The van der Waals surface area contributed by atoms with E-state index in [1.165, 1.54) is 0 Å². The second-order valence-corrected chi connectivity index (χ2v) is 7.95. The molecule has 2 aliphatic rings. The van der Waals surface area contributed by atoms with Gasteiger partial charge in [0.2, 0.25) is 0 Å². The Morgan fingerprint density at radius 3 is 2.89 bits per heavy atom. The highest BCUT2D eigenvalue weighted by molar-refractivity contribution is 6.07. The van der Waals surface area contributed by atoms with Crippen molar-refractivity contribution in [3.63, 3.8) is 0 Å². The molecule has 5 heteroatoms. The highest BCUT2D eigenvalue weighted by Gasteiger charge is 2.40. The number of pyridine rings is 2. The molecule has 0 aliphatic carbocycles. The van der Waals surface area contributed by atoms with Gasteiger partial charge in [0.25, 0.3) is 5.91 Å². The summed E-state index contributed by atoms with van der Waals surface area (Å²) in [6.07, 6.45) is 6.77. The lowest BCUT2D eigenvalue weighted by molar-refractivity contribution is 0.0464. The zero-order valence-corrected chi connectivity index (χ0v) is 15.8. The van der Waals surface area contributed by atoms with E-state index in [4.69, 9.17) is 9.72 Å². The third-order valence-corrected chi connectivity index (χ3v) is 6.04. The Morgan fingerprint density at radius 1 is 1.14 bits per heavy atom. The molecule has 1 aromatic carbocycles. The Bertz CT molecular complexity index is 1010. The first-order valence-corrected chi connectivity index (χ1v) is 9.91. The molecular formula is C23H23N3O2. The molecule has 2 aliphatic heterocycles. The van der Waals surface area contributed by atoms with E-state index in [2.05, 4.69) is 4.98 Å². The molecule has 5 nitrogen and oxygen atoms in total. The zero-order chi connectivity index (χ0) is 19.0. The molecule has 0 radical (unpaired) electrons. The number of nitrogens with zero attached hydrogens (tertiary/aromatic N) is 3. The molecule has 0 bridgehead atoms. The van der Waals surface area contributed by atoms with Crippen LogP contribution in [0.5, 0.6) is 0 Å². The summed E-state index contributed by atoms with van der Waals surface area (Å²) < 4.78 is 5.66. The molecule has 1 amide bonds. The quantitative estimate of drug-likeness (QED) is 0.683. The molecule has 2 aromatic heterocycles. The molecule has 28 heavy (non-hydrogen) atoms. The van der Waals surface area contributed by atoms with E-state index in [1.807, 2.05) is 47.4 Å². The number of para-hydroxylation sites is 1. The maximum absolute atomic E-state index is 13.6. The van der Waals surface area contributed by atoms with Gasteiger partial charge in [0.1, 0.15) is 0 Å². The summed E-state index contributed by atoms with van der Waals surface area (Å²) in [6.45, 7) is 3.17. The number of carbonyl (C=O) groups excluding carboxylic acids is 1. The van der Waals surface area contributed by atoms with Crippen molar-refractivity contribution in [1.82, 2.24) is 14.9 Å². The van der Waals surface area contributed by atoms with Crippen LogP contribution < -0.4 is 0 Å². The largest absolute Gasteiger partial charge is 0.381 e. The minimum absolute atomic E-state index is 0.0923. The molecule has 3 aromatic rings. The third-order valence-electron chi connectivity index (χ3n) is 6.04. The maximum atomic E-state index is 13.6. The smallest absolute Gasteiger partial charge is 0.254 e. The molecule has 0 N–H and O–H groups in total.